The van der Waals surface area contributed by atoms with Crippen molar-refractivity contribution in [2.45, 2.75) is 12.3 Å². The van der Waals surface area contributed by atoms with Gasteiger partial charge in [0.2, 0.25) is 0 Å². The molecule has 288 valence electrons. The topological polar surface area (TPSA) is 3.24 Å². The van der Waals surface area contributed by atoms with Gasteiger partial charge < -0.3 is 4.90 Å². The summed E-state index contributed by atoms with van der Waals surface area (Å²) in [4.78, 5) is 2.49. The Balaban J connectivity index is 1.23. The van der Waals surface area contributed by atoms with Crippen LogP contribution in [0.1, 0.15) is 23.6 Å². The zero-order valence-electron chi connectivity index (χ0n) is 34.1. The van der Waals surface area contributed by atoms with Gasteiger partial charge in [0, 0.05) is 16.9 Å². The van der Waals surface area contributed by atoms with Crippen LogP contribution in [0.5, 0.6) is 0 Å². The van der Waals surface area contributed by atoms with Gasteiger partial charge in [-0.25, -0.2) is 0 Å². The summed E-state index contributed by atoms with van der Waals surface area (Å²) in [6, 6.07) is 76.0. The average Bonchev–Trinajstić information content (AvgIpc) is 3.63. The van der Waals surface area contributed by atoms with Crippen LogP contribution in [-0.4, -0.2) is 0 Å². The zero-order chi connectivity index (χ0) is 40.9. The van der Waals surface area contributed by atoms with Gasteiger partial charge in [0.1, 0.15) is 0 Å². The fourth-order valence-electron chi connectivity index (χ4n) is 10.0. The molecular weight excluding hydrogens is 735 g/mol. The Morgan fingerprint density at radius 2 is 1.03 bits per heavy atom. The Morgan fingerprint density at radius 1 is 0.459 bits per heavy atom. The van der Waals surface area contributed by atoms with Crippen LogP contribution < -0.4 is 4.90 Å². The van der Waals surface area contributed by atoms with Crippen molar-refractivity contribution in [1.29, 1.82) is 0 Å². The molecule has 1 nitrogen and oxygen atoms in total. The highest BCUT2D eigenvalue weighted by molar-refractivity contribution is 6.10. The van der Waals surface area contributed by atoms with E-state index in [0.29, 0.717) is 0 Å². The Bertz CT molecular complexity index is 3270. The fourth-order valence-corrected chi connectivity index (χ4v) is 10.0. The Morgan fingerprint density at radius 3 is 1.67 bits per heavy atom. The third kappa shape index (κ3) is 5.85. The van der Waals surface area contributed by atoms with Gasteiger partial charge in [-0.1, -0.05) is 201 Å². The molecule has 0 N–H and O–H groups in total. The maximum atomic E-state index is 5.00. The molecule has 0 aliphatic heterocycles. The summed E-state index contributed by atoms with van der Waals surface area (Å²) in [7, 11) is 0. The highest BCUT2D eigenvalue weighted by atomic mass is 15.1. The summed E-state index contributed by atoms with van der Waals surface area (Å²) in [5, 5.41) is 9.88. The van der Waals surface area contributed by atoms with Crippen LogP contribution in [0.15, 0.2) is 243 Å². The fraction of sp³-hybridized carbons (Fsp3) is 0.0333. The lowest BCUT2D eigenvalue weighted by molar-refractivity contribution is 0.770. The van der Waals surface area contributed by atoms with Gasteiger partial charge in [-0.15, -0.1) is 0 Å². The second kappa shape index (κ2) is 14.8. The van der Waals surface area contributed by atoms with Crippen molar-refractivity contribution in [1.82, 2.24) is 0 Å². The van der Waals surface area contributed by atoms with Gasteiger partial charge in [-0.05, 0) is 125 Å². The second-order valence-electron chi connectivity index (χ2n) is 16.1. The molecule has 0 aromatic heterocycles. The molecule has 1 aliphatic rings. The quantitative estimate of drug-likeness (QED) is 0.110. The normalized spacial score (nSPS) is 14.6. The lowest BCUT2D eigenvalue weighted by atomic mass is 9.66. The van der Waals surface area contributed by atoms with Gasteiger partial charge in [-0.3, -0.25) is 0 Å². The third-order valence-corrected chi connectivity index (χ3v) is 12.7. The van der Waals surface area contributed by atoms with E-state index >= 15 is 0 Å². The lowest BCUT2D eigenvalue weighted by Crippen LogP contribution is -2.30. The SMILES string of the molecule is C=C(/C=C\C=C/C)C1(c2ccccc2)c2cc(-c3ccccc3)ccc2-c2cccc(N(c3ccc4c(ccc5ccccc54)c3)c3ccc4c(ccc5ccccc54)c3)c21. The molecule has 10 aromatic rings. The minimum atomic E-state index is -0.732. The number of rotatable bonds is 8. The van der Waals surface area contributed by atoms with Crippen molar-refractivity contribution >= 4 is 60.2 Å². The number of nitrogens with zero attached hydrogens (tertiary/aromatic N) is 1. The zero-order valence-corrected chi connectivity index (χ0v) is 34.1. The first-order chi connectivity index (χ1) is 30.1. The largest absolute Gasteiger partial charge is 0.310 e. The van der Waals surface area contributed by atoms with E-state index < -0.39 is 5.41 Å². The number of anilines is 3. The summed E-state index contributed by atoms with van der Waals surface area (Å²) in [5.41, 5.74) is 12.0. The molecule has 1 heteroatoms. The van der Waals surface area contributed by atoms with Gasteiger partial charge in [-0.2, -0.15) is 0 Å². The molecule has 0 radical (unpaired) electrons. The third-order valence-electron chi connectivity index (χ3n) is 12.7. The Labute approximate surface area is 357 Å². The average molecular weight is 778 g/mol. The number of benzene rings is 10. The molecule has 0 bridgehead atoms. The summed E-state index contributed by atoms with van der Waals surface area (Å²) in [5.74, 6) is 0. The van der Waals surface area contributed by atoms with Crippen LogP contribution in [0.25, 0.3) is 65.3 Å². The van der Waals surface area contributed by atoms with Crippen LogP contribution in [-0.2, 0) is 5.41 Å². The van der Waals surface area contributed by atoms with E-state index in [4.69, 9.17) is 6.58 Å². The predicted molar refractivity (Wildman–Crippen MR) is 261 cm³/mol. The minimum absolute atomic E-state index is 0.732. The first-order valence-corrected chi connectivity index (χ1v) is 21.1. The van der Waals surface area contributed by atoms with Crippen molar-refractivity contribution in [3.05, 3.63) is 259 Å². The number of hydrogen-bond donors (Lipinski definition) is 0. The van der Waals surface area contributed by atoms with E-state index in [1.165, 1.54) is 82.0 Å². The maximum Gasteiger partial charge on any atom is 0.0728 e. The molecule has 0 saturated carbocycles. The van der Waals surface area contributed by atoms with Gasteiger partial charge in [0.25, 0.3) is 0 Å². The number of fused-ring (bicyclic) bond motifs is 9. The van der Waals surface area contributed by atoms with Gasteiger partial charge >= 0.3 is 0 Å². The van der Waals surface area contributed by atoms with E-state index in [2.05, 4.69) is 242 Å². The predicted octanol–water partition coefficient (Wildman–Crippen LogP) is 16.4. The summed E-state index contributed by atoms with van der Waals surface area (Å²) in [6.07, 6.45) is 8.51. The van der Waals surface area contributed by atoms with Crippen molar-refractivity contribution < 1.29 is 0 Å². The molecule has 1 unspecified atom stereocenters. The highest BCUT2D eigenvalue weighted by Crippen LogP contribution is 2.61. The van der Waals surface area contributed by atoms with E-state index in [0.717, 1.165) is 22.6 Å². The van der Waals surface area contributed by atoms with Gasteiger partial charge in [0.15, 0.2) is 0 Å². The molecule has 61 heavy (non-hydrogen) atoms. The Hall–Kier alpha value is -7.74. The molecule has 0 spiro atoms. The van der Waals surface area contributed by atoms with E-state index in [1.807, 2.05) is 0 Å². The first-order valence-electron chi connectivity index (χ1n) is 21.1. The molecule has 11 rings (SSSR count). The van der Waals surface area contributed by atoms with Crippen molar-refractivity contribution in [2.24, 2.45) is 0 Å². The summed E-state index contributed by atoms with van der Waals surface area (Å²) in [6.45, 7) is 7.06. The smallest absolute Gasteiger partial charge is 0.0728 e. The Kier molecular flexibility index (Phi) is 8.83. The van der Waals surface area contributed by atoms with E-state index in [9.17, 15) is 0 Å². The molecular formula is C60H43N. The molecule has 1 atom stereocenters. The molecule has 0 saturated heterocycles. The van der Waals surface area contributed by atoms with E-state index in [1.54, 1.807) is 0 Å². The van der Waals surface area contributed by atoms with Crippen molar-refractivity contribution in [2.75, 3.05) is 4.90 Å². The van der Waals surface area contributed by atoms with Crippen LogP contribution in [0.4, 0.5) is 17.1 Å². The molecule has 10 aromatic carbocycles. The molecule has 1 aliphatic carbocycles. The first kappa shape index (κ1) is 36.3. The van der Waals surface area contributed by atoms with Gasteiger partial charge in [0.05, 0.1) is 11.1 Å². The molecule has 0 fully saturated rings. The second-order valence-corrected chi connectivity index (χ2v) is 16.1. The van der Waals surface area contributed by atoms with Crippen LogP contribution >= 0.6 is 0 Å². The van der Waals surface area contributed by atoms with Crippen LogP contribution in [0, 0.1) is 0 Å². The molecule has 0 heterocycles. The maximum absolute atomic E-state index is 5.00. The highest BCUT2D eigenvalue weighted by Gasteiger charge is 2.48. The number of allylic oxidation sites excluding steroid dienone is 5. The van der Waals surface area contributed by atoms with Crippen LogP contribution in [0.3, 0.4) is 0 Å². The van der Waals surface area contributed by atoms with Crippen molar-refractivity contribution in [3.8, 4) is 22.3 Å². The number of hydrogen-bond acceptors (Lipinski definition) is 1. The minimum Gasteiger partial charge on any atom is -0.310 e. The summed E-state index contributed by atoms with van der Waals surface area (Å²) < 4.78 is 0. The van der Waals surface area contributed by atoms with E-state index in [-0.39, 0.29) is 0 Å². The summed E-state index contributed by atoms with van der Waals surface area (Å²) >= 11 is 0. The van der Waals surface area contributed by atoms with Crippen molar-refractivity contribution in [3.63, 3.8) is 0 Å². The standard InChI is InChI=1S/C60H43N/c1-3-4-7-17-41(2)60(48-22-10-6-11-23-48)57-40-45(42-18-8-5-9-19-42)32-35-55(57)56-26-16-27-58(59(56)60)61(49-33-36-53-46(38-49)30-28-43-20-12-14-24-51(43)53)50-34-37-54-47(39-50)31-29-44-21-13-15-25-52(44)54/h3-40H,2H2,1H3/b4-3-,17-7-. The lowest BCUT2D eigenvalue weighted by Gasteiger charge is -2.38. The van der Waals surface area contributed by atoms with Crippen LogP contribution in [0.2, 0.25) is 0 Å². The monoisotopic (exact) mass is 777 g/mol. The molecule has 0 amide bonds.